The number of aryl methyl sites for hydroxylation is 1. The molecule has 2 heterocycles. The number of rotatable bonds is 7. The van der Waals surface area contributed by atoms with Crippen molar-refractivity contribution >= 4 is 39.1 Å². The minimum atomic E-state index is -3.29. The average Bonchev–Trinajstić information content (AvgIpc) is 3.44. The van der Waals surface area contributed by atoms with Crippen LogP contribution in [0.3, 0.4) is 0 Å². The first-order valence-corrected chi connectivity index (χ1v) is 14.0. The first-order valence-electron chi connectivity index (χ1n) is 11.6. The smallest absolute Gasteiger partial charge is 0.219 e. The van der Waals surface area contributed by atoms with E-state index in [1.165, 1.54) is 35.3 Å². The summed E-state index contributed by atoms with van der Waals surface area (Å²) in [6.07, 6.45) is 5.88. The molecule has 0 saturated carbocycles. The highest BCUT2D eigenvalue weighted by Gasteiger charge is 2.26. The molecule has 0 aliphatic heterocycles. The number of ketones is 1. The molecule has 2 aromatic carbocycles. The molecule has 0 amide bonds. The maximum Gasteiger partial charge on any atom is 0.219 e. The number of carbonyl (C=O) groups excluding carboxylic acids is 1. The number of anilines is 1. The lowest BCUT2D eigenvalue weighted by molar-refractivity contribution is 0.103. The molecule has 1 aliphatic rings. The summed E-state index contributed by atoms with van der Waals surface area (Å²) in [6.45, 7) is 1.72. The number of carbonyl (C=O) groups is 1. The third-order valence-corrected chi connectivity index (χ3v) is 7.38. The van der Waals surface area contributed by atoms with Gasteiger partial charge in [-0.1, -0.05) is 23.7 Å². The van der Waals surface area contributed by atoms with Gasteiger partial charge in [-0.2, -0.15) is 9.49 Å². The summed E-state index contributed by atoms with van der Waals surface area (Å²) < 4.78 is 57.6. The summed E-state index contributed by atoms with van der Waals surface area (Å²) in [5.41, 5.74) is 10.0. The van der Waals surface area contributed by atoms with Gasteiger partial charge in [0.05, 0.1) is 29.4 Å². The predicted molar refractivity (Wildman–Crippen MR) is 143 cm³/mol. The van der Waals surface area contributed by atoms with Crippen molar-refractivity contribution in [2.75, 3.05) is 12.0 Å². The highest BCUT2D eigenvalue weighted by Crippen LogP contribution is 2.34. The zero-order valence-electron chi connectivity index (χ0n) is 20.7. The van der Waals surface area contributed by atoms with E-state index in [0.717, 1.165) is 23.4 Å². The van der Waals surface area contributed by atoms with E-state index in [1.54, 1.807) is 25.1 Å². The van der Waals surface area contributed by atoms with E-state index in [9.17, 15) is 22.0 Å². The van der Waals surface area contributed by atoms with E-state index in [1.807, 2.05) is 0 Å². The third-order valence-electron chi connectivity index (χ3n) is 6.20. The van der Waals surface area contributed by atoms with Crippen molar-refractivity contribution < 1.29 is 26.7 Å². The topological polar surface area (TPSA) is 117 Å². The Morgan fingerprint density at radius 1 is 1.21 bits per heavy atom. The van der Waals surface area contributed by atoms with Gasteiger partial charge in [0.15, 0.2) is 27.2 Å². The van der Waals surface area contributed by atoms with Crippen LogP contribution in [0.5, 0.6) is 11.6 Å². The maximum atomic E-state index is 14.0. The Kier molecular flexibility index (Phi) is 6.73. The van der Waals surface area contributed by atoms with Crippen molar-refractivity contribution in [3.05, 3.63) is 98.8 Å². The summed E-state index contributed by atoms with van der Waals surface area (Å²) in [5, 5.41) is 4.57. The minimum Gasteiger partial charge on any atom is -0.436 e. The second kappa shape index (κ2) is 9.90. The Morgan fingerprint density at radius 3 is 2.69 bits per heavy atom. The van der Waals surface area contributed by atoms with E-state index in [4.69, 9.17) is 22.1 Å². The number of aromatic nitrogens is 3. The molecule has 2 aromatic heterocycles. The number of halogens is 3. The Hall–Kier alpha value is -4.09. The van der Waals surface area contributed by atoms with Crippen molar-refractivity contribution in [2.24, 2.45) is 0 Å². The van der Waals surface area contributed by atoms with Crippen molar-refractivity contribution in [3.8, 4) is 17.3 Å². The molecule has 0 radical (unpaired) electrons. The Balaban J connectivity index is 1.38. The molecule has 0 bridgehead atoms. The monoisotopic (exact) mass is 570 g/mol. The van der Waals surface area contributed by atoms with Gasteiger partial charge in [-0.25, -0.2) is 22.5 Å². The lowest BCUT2D eigenvalue weighted by Crippen LogP contribution is -2.09. The van der Waals surface area contributed by atoms with Crippen LogP contribution in [0, 0.1) is 18.6 Å². The van der Waals surface area contributed by atoms with Crippen LogP contribution in [0.25, 0.3) is 11.8 Å². The van der Waals surface area contributed by atoms with Crippen LogP contribution in [-0.2, 0) is 22.0 Å². The number of Topliss-reactive ketones (excluding diaryl/α,β-unsaturated/α-hetero) is 1. The molecule has 8 nitrogen and oxygen atoms in total. The number of fused-ring (bicyclic) bond motifs is 1. The average molecular weight is 571 g/mol. The van der Waals surface area contributed by atoms with Gasteiger partial charge in [0.25, 0.3) is 0 Å². The standard InChI is InChI=1S/C27H21ClF2N4O4S/c1-14-6-24(38-23-5-3-4-21(29)25(23)30)32-12-22(14)34-27(31)19(11-33-34)26(35)17-7-15-9-18(13-39(2,36)37)20(28)10-16(15)8-17/h3-6,8-12H,7,13,31H2,1-2H3. The van der Waals surface area contributed by atoms with Crippen LogP contribution >= 0.6 is 11.6 Å². The van der Waals surface area contributed by atoms with Crippen molar-refractivity contribution in [2.45, 2.75) is 19.1 Å². The largest absolute Gasteiger partial charge is 0.436 e. The van der Waals surface area contributed by atoms with E-state index in [0.29, 0.717) is 27.4 Å². The van der Waals surface area contributed by atoms with Gasteiger partial charge in [-0.15, -0.1) is 0 Å². The molecule has 0 unspecified atom stereocenters. The fourth-order valence-corrected chi connectivity index (χ4v) is 5.45. The number of hydrogen-bond donors (Lipinski definition) is 1. The highest BCUT2D eigenvalue weighted by molar-refractivity contribution is 7.89. The van der Waals surface area contributed by atoms with Crippen LogP contribution in [0.1, 0.15) is 32.6 Å². The van der Waals surface area contributed by atoms with Gasteiger partial charge in [-0.05, 0) is 53.5 Å². The number of hydrogen-bond acceptors (Lipinski definition) is 7. The molecule has 0 spiro atoms. The number of nitrogen functional groups attached to an aromatic ring is 1. The van der Waals surface area contributed by atoms with E-state index in [-0.39, 0.29) is 41.0 Å². The number of nitrogens with zero attached hydrogens (tertiary/aromatic N) is 3. The molecular weight excluding hydrogens is 550 g/mol. The number of ether oxygens (including phenoxy) is 1. The molecule has 39 heavy (non-hydrogen) atoms. The molecule has 2 N–H and O–H groups in total. The molecular formula is C27H21ClF2N4O4S. The Labute approximate surface area is 227 Å². The van der Waals surface area contributed by atoms with Crippen molar-refractivity contribution in [1.29, 1.82) is 0 Å². The quantitative estimate of drug-likeness (QED) is 0.302. The van der Waals surface area contributed by atoms with Crippen LogP contribution in [-0.4, -0.2) is 35.2 Å². The number of sulfone groups is 1. The van der Waals surface area contributed by atoms with Crippen LogP contribution < -0.4 is 10.5 Å². The summed E-state index contributed by atoms with van der Waals surface area (Å²) in [6, 6.07) is 8.45. The van der Waals surface area contributed by atoms with Gasteiger partial charge in [0.2, 0.25) is 11.7 Å². The van der Waals surface area contributed by atoms with E-state index >= 15 is 0 Å². The molecule has 5 rings (SSSR count). The zero-order chi connectivity index (χ0) is 28.1. The van der Waals surface area contributed by atoms with Crippen molar-refractivity contribution in [3.63, 3.8) is 0 Å². The van der Waals surface area contributed by atoms with Crippen molar-refractivity contribution in [1.82, 2.24) is 14.8 Å². The molecule has 200 valence electrons. The highest BCUT2D eigenvalue weighted by atomic mass is 35.5. The van der Waals surface area contributed by atoms with E-state index < -0.39 is 21.5 Å². The molecule has 12 heteroatoms. The summed E-state index contributed by atoms with van der Waals surface area (Å²) in [7, 11) is -3.29. The Morgan fingerprint density at radius 2 is 1.97 bits per heavy atom. The van der Waals surface area contributed by atoms with Gasteiger partial charge in [0, 0.05) is 29.3 Å². The van der Waals surface area contributed by atoms with E-state index in [2.05, 4.69) is 10.1 Å². The molecule has 4 aromatic rings. The Bertz CT molecular complexity index is 1800. The van der Waals surface area contributed by atoms with Crippen LogP contribution in [0.2, 0.25) is 5.02 Å². The SMILES string of the molecule is Cc1cc(Oc2cccc(F)c2F)ncc1-n1ncc(C(=O)C2=Cc3cc(Cl)c(CS(C)(=O)=O)cc3C2)c1N. The summed E-state index contributed by atoms with van der Waals surface area (Å²) in [5.74, 6) is -2.89. The van der Waals surface area contributed by atoms with Gasteiger partial charge in [-0.3, -0.25) is 4.79 Å². The summed E-state index contributed by atoms with van der Waals surface area (Å²) in [4.78, 5) is 17.5. The number of allylic oxidation sites excluding steroid dienone is 1. The van der Waals surface area contributed by atoms with Gasteiger partial charge < -0.3 is 10.5 Å². The second-order valence-electron chi connectivity index (χ2n) is 9.21. The normalized spacial score (nSPS) is 12.8. The number of benzene rings is 2. The molecule has 0 fully saturated rings. The first kappa shape index (κ1) is 26.5. The minimum absolute atomic E-state index is 0.0329. The second-order valence-corrected chi connectivity index (χ2v) is 11.8. The fourth-order valence-electron chi connectivity index (χ4n) is 4.33. The van der Waals surface area contributed by atoms with Gasteiger partial charge >= 0.3 is 0 Å². The maximum absolute atomic E-state index is 14.0. The van der Waals surface area contributed by atoms with Crippen LogP contribution in [0.15, 0.2) is 54.4 Å². The molecule has 1 aliphatic carbocycles. The molecule has 0 atom stereocenters. The molecule has 0 saturated heterocycles. The lowest BCUT2D eigenvalue weighted by Gasteiger charge is -2.11. The summed E-state index contributed by atoms with van der Waals surface area (Å²) >= 11 is 6.28. The first-order chi connectivity index (χ1) is 18.4. The predicted octanol–water partition coefficient (Wildman–Crippen LogP) is 5.25. The number of nitrogens with two attached hydrogens (primary N) is 1. The number of pyridine rings is 1. The van der Waals surface area contributed by atoms with Gasteiger partial charge in [0.1, 0.15) is 5.82 Å². The fraction of sp³-hybridized carbons (Fsp3) is 0.148. The lowest BCUT2D eigenvalue weighted by atomic mass is 10.0. The third kappa shape index (κ3) is 5.27. The van der Waals surface area contributed by atoms with Crippen LogP contribution in [0.4, 0.5) is 14.6 Å². The zero-order valence-corrected chi connectivity index (χ0v) is 22.3.